The maximum absolute atomic E-state index is 12.3. The maximum Gasteiger partial charge on any atom is 0.253 e. The summed E-state index contributed by atoms with van der Waals surface area (Å²) in [4.78, 5) is 16.8. The number of rotatable bonds is 7. The zero-order valence-corrected chi connectivity index (χ0v) is 13.4. The largest absolute Gasteiger partial charge is 0.383 e. The number of pyridine rings is 1. The van der Waals surface area contributed by atoms with E-state index in [1.165, 1.54) is 0 Å². The molecular formula is C17H23N3O2. The molecule has 5 nitrogen and oxygen atoms in total. The number of hydrogen-bond acceptors (Lipinski definition) is 4. The third-order valence-electron chi connectivity index (χ3n) is 3.48. The lowest BCUT2D eigenvalue weighted by molar-refractivity contribution is 0.0953. The average Bonchev–Trinajstić information content (AvgIpc) is 2.50. The molecule has 2 aromatic rings. The summed E-state index contributed by atoms with van der Waals surface area (Å²) in [5, 5.41) is 7.10. The number of fused-ring (bicyclic) bond motifs is 1. The number of nitrogens with one attached hydrogen (secondary N) is 2. The van der Waals surface area contributed by atoms with Gasteiger partial charge in [-0.25, -0.2) is 0 Å². The fourth-order valence-electron chi connectivity index (χ4n) is 2.28. The number of nitrogens with zero attached hydrogens (tertiary/aromatic N) is 1. The van der Waals surface area contributed by atoms with Crippen LogP contribution in [0.5, 0.6) is 0 Å². The number of carbonyl (C=O) groups is 1. The Balaban J connectivity index is 2.00. The first-order chi connectivity index (χ1) is 10.6. The number of aryl methyl sites for hydroxylation is 2. The summed E-state index contributed by atoms with van der Waals surface area (Å²) in [6, 6.07) is 7.97. The van der Waals surface area contributed by atoms with Crippen molar-refractivity contribution in [3.05, 3.63) is 41.1 Å². The van der Waals surface area contributed by atoms with Gasteiger partial charge in [0.05, 0.1) is 23.4 Å². The molecule has 0 fully saturated rings. The Hall–Kier alpha value is -1.98. The fourth-order valence-corrected chi connectivity index (χ4v) is 2.28. The summed E-state index contributed by atoms with van der Waals surface area (Å²) < 4.78 is 4.95. The molecule has 0 atom stereocenters. The van der Waals surface area contributed by atoms with Gasteiger partial charge in [-0.15, -0.1) is 0 Å². The van der Waals surface area contributed by atoms with E-state index in [0.717, 1.165) is 28.7 Å². The number of benzene rings is 1. The highest BCUT2D eigenvalue weighted by molar-refractivity contribution is 5.98. The number of methoxy groups -OCH3 is 1. The second-order valence-electron chi connectivity index (χ2n) is 5.32. The molecule has 1 amide bonds. The summed E-state index contributed by atoms with van der Waals surface area (Å²) >= 11 is 0. The van der Waals surface area contributed by atoms with Gasteiger partial charge in [-0.3, -0.25) is 9.78 Å². The van der Waals surface area contributed by atoms with Crippen LogP contribution in [0.1, 0.15) is 21.6 Å². The SMILES string of the molecule is COCCNCCNC(=O)c1cc2cc(C)ccc2nc1C. The van der Waals surface area contributed by atoms with E-state index in [4.69, 9.17) is 4.74 Å². The minimum absolute atomic E-state index is 0.0815. The molecule has 0 bridgehead atoms. The number of carbonyl (C=O) groups excluding carboxylic acids is 1. The summed E-state index contributed by atoms with van der Waals surface area (Å²) in [7, 11) is 1.67. The third kappa shape index (κ3) is 4.26. The lowest BCUT2D eigenvalue weighted by Crippen LogP contribution is -2.33. The molecule has 0 saturated carbocycles. The Morgan fingerprint density at radius 2 is 2.00 bits per heavy atom. The summed E-state index contributed by atoms with van der Waals surface area (Å²) in [5.74, 6) is -0.0815. The molecule has 0 aliphatic carbocycles. The van der Waals surface area contributed by atoms with E-state index in [2.05, 4.69) is 15.6 Å². The molecule has 5 heteroatoms. The van der Waals surface area contributed by atoms with Crippen LogP contribution in [0, 0.1) is 13.8 Å². The van der Waals surface area contributed by atoms with Crippen molar-refractivity contribution in [1.82, 2.24) is 15.6 Å². The van der Waals surface area contributed by atoms with Gasteiger partial charge in [-0.05, 0) is 32.0 Å². The molecule has 0 saturated heterocycles. The number of aromatic nitrogens is 1. The van der Waals surface area contributed by atoms with Crippen molar-refractivity contribution in [3.63, 3.8) is 0 Å². The monoisotopic (exact) mass is 301 g/mol. The molecular weight excluding hydrogens is 278 g/mol. The lowest BCUT2D eigenvalue weighted by atomic mass is 10.1. The Bertz CT molecular complexity index is 656. The van der Waals surface area contributed by atoms with Crippen LogP contribution in [0.25, 0.3) is 10.9 Å². The van der Waals surface area contributed by atoms with Crippen LogP contribution in [0.15, 0.2) is 24.3 Å². The van der Waals surface area contributed by atoms with E-state index in [9.17, 15) is 4.79 Å². The predicted octanol–water partition coefficient (Wildman–Crippen LogP) is 1.82. The minimum atomic E-state index is -0.0815. The quantitative estimate of drug-likeness (QED) is 0.766. The van der Waals surface area contributed by atoms with Gasteiger partial charge in [0.1, 0.15) is 0 Å². The van der Waals surface area contributed by atoms with Crippen LogP contribution in [0.4, 0.5) is 0 Å². The Morgan fingerprint density at radius 3 is 2.77 bits per heavy atom. The zero-order chi connectivity index (χ0) is 15.9. The Labute approximate surface area is 131 Å². The van der Waals surface area contributed by atoms with Crippen molar-refractivity contribution in [3.8, 4) is 0 Å². The first-order valence-electron chi connectivity index (χ1n) is 7.47. The van der Waals surface area contributed by atoms with Crippen molar-refractivity contribution in [2.75, 3.05) is 33.4 Å². The molecule has 0 unspecified atom stereocenters. The first kappa shape index (κ1) is 16.4. The van der Waals surface area contributed by atoms with Crippen LogP contribution >= 0.6 is 0 Å². The van der Waals surface area contributed by atoms with E-state index in [1.807, 2.05) is 38.1 Å². The van der Waals surface area contributed by atoms with E-state index < -0.39 is 0 Å². The zero-order valence-electron chi connectivity index (χ0n) is 13.4. The van der Waals surface area contributed by atoms with Gasteiger partial charge in [-0.1, -0.05) is 11.6 Å². The fraction of sp³-hybridized carbons (Fsp3) is 0.412. The molecule has 22 heavy (non-hydrogen) atoms. The molecule has 2 N–H and O–H groups in total. The summed E-state index contributed by atoms with van der Waals surface area (Å²) in [6.45, 7) is 6.64. The van der Waals surface area contributed by atoms with Crippen LogP contribution in [-0.4, -0.2) is 44.2 Å². The number of amides is 1. The topological polar surface area (TPSA) is 63.2 Å². The number of hydrogen-bond donors (Lipinski definition) is 2. The predicted molar refractivity (Wildman–Crippen MR) is 88.3 cm³/mol. The van der Waals surface area contributed by atoms with Gasteiger partial charge < -0.3 is 15.4 Å². The Kier molecular flexibility index (Phi) is 5.86. The van der Waals surface area contributed by atoms with Crippen molar-refractivity contribution in [2.45, 2.75) is 13.8 Å². The van der Waals surface area contributed by atoms with Crippen LogP contribution in [-0.2, 0) is 4.74 Å². The third-order valence-corrected chi connectivity index (χ3v) is 3.48. The lowest BCUT2D eigenvalue weighted by Gasteiger charge is -2.10. The summed E-state index contributed by atoms with van der Waals surface area (Å²) in [6.07, 6.45) is 0. The molecule has 0 spiro atoms. The van der Waals surface area contributed by atoms with Gasteiger partial charge in [0.25, 0.3) is 5.91 Å². The van der Waals surface area contributed by atoms with Crippen molar-refractivity contribution >= 4 is 16.8 Å². The Morgan fingerprint density at radius 1 is 1.18 bits per heavy atom. The van der Waals surface area contributed by atoms with Crippen molar-refractivity contribution in [2.24, 2.45) is 0 Å². The van der Waals surface area contributed by atoms with E-state index in [0.29, 0.717) is 25.3 Å². The van der Waals surface area contributed by atoms with Gasteiger partial charge in [0.2, 0.25) is 0 Å². The van der Waals surface area contributed by atoms with Gasteiger partial charge in [0.15, 0.2) is 0 Å². The molecule has 2 rings (SSSR count). The normalized spacial score (nSPS) is 10.9. The standard InChI is InChI=1S/C17H23N3O2/c1-12-4-5-16-14(10-12)11-15(13(2)20-16)17(21)19-7-6-18-8-9-22-3/h4-5,10-11,18H,6-9H2,1-3H3,(H,19,21). The van der Waals surface area contributed by atoms with E-state index >= 15 is 0 Å². The number of ether oxygens (including phenoxy) is 1. The minimum Gasteiger partial charge on any atom is -0.383 e. The van der Waals surface area contributed by atoms with Crippen molar-refractivity contribution in [1.29, 1.82) is 0 Å². The second kappa shape index (κ2) is 7.87. The highest BCUT2D eigenvalue weighted by atomic mass is 16.5. The molecule has 0 aliphatic heterocycles. The molecule has 1 heterocycles. The molecule has 1 aromatic heterocycles. The molecule has 1 aromatic carbocycles. The van der Waals surface area contributed by atoms with Crippen molar-refractivity contribution < 1.29 is 9.53 Å². The first-order valence-corrected chi connectivity index (χ1v) is 7.47. The highest BCUT2D eigenvalue weighted by Crippen LogP contribution is 2.18. The maximum atomic E-state index is 12.3. The average molecular weight is 301 g/mol. The van der Waals surface area contributed by atoms with Crippen LogP contribution in [0.3, 0.4) is 0 Å². The molecule has 0 aliphatic rings. The molecule has 0 radical (unpaired) electrons. The van der Waals surface area contributed by atoms with E-state index in [-0.39, 0.29) is 5.91 Å². The van der Waals surface area contributed by atoms with E-state index in [1.54, 1.807) is 7.11 Å². The second-order valence-corrected chi connectivity index (χ2v) is 5.32. The molecule has 118 valence electrons. The summed E-state index contributed by atoms with van der Waals surface area (Å²) in [5.41, 5.74) is 3.46. The highest BCUT2D eigenvalue weighted by Gasteiger charge is 2.11. The van der Waals surface area contributed by atoms with Gasteiger partial charge >= 0.3 is 0 Å². The van der Waals surface area contributed by atoms with Gasteiger partial charge in [0, 0.05) is 32.1 Å². The smallest absolute Gasteiger partial charge is 0.253 e. The van der Waals surface area contributed by atoms with Crippen LogP contribution in [0.2, 0.25) is 0 Å². The van der Waals surface area contributed by atoms with Gasteiger partial charge in [-0.2, -0.15) is 0 Å². The van der Waals surface area contributed by atoms with Crippen LogP contribution < -0.4 is 10.6 Å².